The van der Waals surface area contributed by atoms with Crippen molar-refractivity contribution in [1.29, 1.82) is 0 Å². The maximum Gasteiger partial charge on any atom is 0.345 e. The smallest absolute Gasteiger partial charge is 0.345 e. The van der Waals surface area contributed by atoms with Gasteiger partial charge in [0.25, 0.3) is 5.91 Å². The zero-order valence-electron chi connectivity index (χ0n) is 21.7. The molecule has 0 radical (unpaired) electrons. The van der Waals surface area contributed by atoms with Gasteiger partial charge in [0.2, 0.25) is 0 Å². The van der Waals surface area contributed by atoms with Crippen molar-refractivity contribution in [2.45, 2.75) is 19.4 Å². The van der Waals surface area contributed by atoms with Gasteiger partial charge in [0.15, 0.2) is 6.61 Å². The standard InChI is InChI=1S/C31H24N2O7/c1-18-13-30(35)39-28-15-22(11-12-23(18)28)38-17-29(34)33-26(19-7-9-21(37-2)10-8-19)16-25(32-33)24-14-20-5-3-4-6-27(20)40-31(24)36/h3-15,26H,16-17H2,1-2H3. The number of hydrazone groups is 1. The van der Waals surface area contributed by atoms with E-state index >= 15 is 0 Å². The van der Waals surface area contributed by atoms with E-state index < -0.39 is 23.2 Å². The first-order valence-corrected chi connectivity index (χ1v) is 12.6. The van der Waals surface area contributed by atoms with E-state index in [-0.39, 0.29) is 6.61 Å². The summed E-state index contributed by atoms with van der Waals surface area (Å²) in [5.41, 5.74) is 2.21. The van der Waals surface area contributed by atoms with Gasteiger partial charge in [-0.3, -0.25) is 4.79 Å². The van der Waals surface area contributed by atoms with Gasteiger partial charge < -0.3 is 18.3 Å². The number of carbonyl (C=O) groups is 1. The van der Waals surface area contributed by atoms with Gasteiger partial charge in [-0.15, -0.1) is 0 Å². The zero-order chi connectivity index (χ0) is 27.8. The highest BCUT2D eigenvalue weighted by atomic mass is 16.5. The molecule has 0 spiro atoms. The average Bonchev–Trinajstić information content (AvgIpc) is 3.40. The van der Waals surface area contributed by atoms with Crippen molar-refractivity contribution in [2.24, 2.45) is 5.10 Å². The van der Waals surface area contributed by atoms with Crippen LogP contribution < -0.4 is 20.7 Å². The molecular formula is C31H24N2O7. The second-order valence-electron chi connectivity index (χ2n) is 9.46. The van der Waals surface area contributed by atoms with Crippen molar-refractivity contribution in [3.63, 3.8) is 0 Å². The number of aryl methyl sites for hydroxylation is 1. The molecule has 0 fully saturated rings. The van der Waals surface area contributed by atoms with Crippen molar-refractivity contribution in [2.75, 3.05) is 13.7 Å². The molecule has 1 atom stereocenters. The summed E-state index contributed by atoms with van der Waals surface area (Å²) < 4.78 is 21.9. The molecule has 1 unspecified atom stereocenters. The molecule has 1 aliphatic heterocycles. The van der Waals surface area contributed by atoms with Gasteiger partial charge in [-0.25, -0.2) is 14.6 Å². The van der Waals surface area contributed by atoms with Gasteiger partial charge in [-0.1, -0.05) is 30.3 Å². The van der Waals surface area contributed by atoms with E-state index in [2.05, 4.69) is 5.10 Å². The number of rotatable bonds is 6. The zero-order valence-corrected chi connectivity index (χ0v) is 21.7. The Labute approximate surface area is 227 Å². The highest BCUT2D eigenvalue weighted by Gasteiger charge is 2.34. The lowest BCUT2D eigenvalue weighted by atomic mass is 9.98. The Morgan fingerprint density at radius 3 is 2.52 bits per heavy atom. The maximum atomic E-state index is 13.5. The predicted molar refractivity (Wildman–Crippen MR) is 149 cm³/mol. The van der Waals surface area contributed by atoms with Crippen LogP contribution in [0, 0.1) is 6.92 Å². The van der Waals surface area contributed by atoms with E-state index in [0.29, 0.717) is 40.4 Å². The van der Waals surface area contributed by atoms with Crippen molar-refractivity contribution in [1.82, 2.24) is 5.01 Å². The molecule has 1 aliphatic rings. The minimum absolute atomic E-state index is 0.299. The molecule has 9 heteroatoms. The molecule has 0 aliphatic carbocycles. The van der Waals surface area contributed by atoms with Gasteiger partial charge in [0, 0.05) is 29.3 Å². The minimum atomic E-state index is -0.524. The van der Waals surface area contributed by atoms with Crippen LogP contribution in [0.1, 0.15) is 29.2 Å². The van der Waals surface area contributed by atoms with Gasteiger partial charge in [-0.2, -0.15) is 5.10 Å². The van der Waals surface area contributed by atoms with Crippen LogP contribution >= 0.6 is 0 Å². The van der Waals surface area contributed by atoms with Crippen LogP contribution in [0.5, 0.6) is 11.5 Å². The van der Waals surface area contributed by atoms with Gasteiger partial charge >= 0.3 is 11.3 Å². The van der Waals surface area contributed by atoms with Crippen molar-refractivity contribution in [3.8, 4) is 11.5 Å². The van der Waals surface area contributed by atoms with Crippen LogP contribution in [0.3, 0.4) is 0 Å². The number of hydrogen-bond acceptors (Lipinski definition) is 8. The molecule has 9 nitrogen and oxygen atoms in total. The van der Waals surface area contributed by atoms with Gasteiger partial charge in [-0.05, 0) is 54.4 Å². The Morgan fingerprint density at radius 2 is 1.73 bits per heavy atom. The third-order valence-electron chi connectivity index (χ3n) is 6.90. The third-order valence-corrected chi connectivity index (χ3v) is 6.90. The lowest BCUT2D eigenvalue weighted by Crippen LogP contribution is -2.31. The lowest BCUT2D eigenvalue weighted by Gasteiger charge is -2.22. The summed E-state index contributed by atoms with van der Waals surface area (Å²) in [4.78, 5) is 38.1. The number of fused-ring (bicyclic) bond motifs is 2. The third kappa shape index (κ3) is 4.73. The first-order chi connectivity index (χ1) is 19.4. The molecule has 3 heterocycles. The van der Waals surface area contributed by atoms with E-state index in [1.54, 1.807) is 43.5 Å². The summed E-state index contributed by atoms with van der Waals surface area (Å²) >= 11 is 0. The van der Waals surface area contributed by atoms with E-state index in [4.69, 9.17) is 18.3 Å². The fourth-order valence-corrected chi connectivity index (χ4v) is 4.86. The molecule has 0 saturated heterocycles. The fourth-order valence-electron chi connectivity index (χ4n) is 4.86. The van der Waals surface area contributed by atoms with Crippen LogP contribution in [0.4, 0.5) is 0 Å². The Bertz CT molecular complexity index is 1900. The number of ether oxygens (including phenoxy) is 2. The van der Waals surface area contributed by atoms with E-state index in [0.717, 1.165) is 21.9 Å². The lowest BCUT2D eigenvalue weighted by molar-refractivity contribution is -0.135. The second kappa shape index (κ2) is 10.2. The molecule has 5 aromatic rings. The normalized spacial score (nSPS) is 14.9. The largest absolute Gasteiger partial charge is 0.497 e. The van der Waals surface area contributed by atoms with Crippen LogP contribution in [-0.4, -0.2) is 30.3 Å². The highest BCUT2D eigenvalue weighted by Crippen LogP contribution is 2.34. The van der Waals surface area contributed by atoms with Crippen LogP contribution in [0.2, 0.25) is 0 Å². The van der Waals surface area contributed by atoms with Crippen molar-refractivity contribution < 1.29 is 23.1 Å². The van der Waals surface area contributed by atoms with Crippen LogP contribution in [0.25, 0.3) is 21.9 Å². The molecule has 200 valence electrons. The fraction of sp³-hybridized carbons (Fsp3) is 0.161. The van der Waals surface area contributed by atoms with Crippen LogP contribution in [-0.2, 0) is 4.79 Å². The SMILES string of the molecule is COc1ccc(C2CC(c3cc4ccccc4oc3=O)=NN2C(=O)COc2ccc3c(C)cc(=O)oc3c2)cc1. The highest BCUT2D eigenvalue weighted by molar-refractivity contribution is 6.04. The summed E-state index contributed by atoms with van der Waals surface area (Å²) in [6.45, 7) is 1.50. The molecule has 0 saturated carbocycles. The summed E-state index contributed by atoms with van der Waals surface area (Å²) in [5.74, 6) is 0.637. The topological polar surface area (TPSA) is 112 Å². The Morgan fingerprint density at radius 1 is 0.950 bits per heavy atom. The minimum Gasteiger partial charge on any atom is -0.497 e. The molecule has 1 amide bonds. The van der Waals surface area contributed by atoms with E-state index in [1.165, 1.54) is 11.1 Å². The molecule has 0 N–H and O–H groups in total. The van der Waals surface area contributed by atoms with E-state index in [1.807, 2.05) is 43.3 Å². The first kappa shape index (κ1) is 25.1. The molecule has 3 aromatic carbocycles. The van der Waals surface area contributed by atoms with Crippen molar-refractivity contribution >= 4 is 33.6 Å². The average molecular weight is 537 g/mol. The van der Waals surface area contributed by atoms with E-state index in [9.17, 15) is 14.4 Å². The molecule has 0 bridgehead atoms. The number of hydrogen-bond donors (Lipinski definition) is 0. The Hall–Kier alpha value is -5.18. The van der Waals surface area contributed by atoms with Gasteiger partial charge in [0.05, 0.1) is 24.4 Å². The van der Waals surface area contributed by atoms with Gasteiger partial charge in [0.1, 0.15) is 22.7 Å². The molecule has 40 heavy (non-hydrogen) atoms. The Kier molecular flexibility index (Phi) is 6.39. The predicted octanol–water partition coefficient (Wildman–Crippen LogP) is 4.97. The number of methoxy groups -OCH3 is 1. The maximum absolute atomic E-state index is 13.5. The van der Waals surface area contributed by atoms with Crippen molar-refractivity contribution in [3.05, 3.63) is 116 Å². The quantitative estimate of drug-likeness (QED) is 0.282. The first-order valence-electron chi connectivity index (χ1n) is 12.6. The number of para-hydroxylation sites is 1. The number of carbonyl (C=O) groups excluding carboxylic acids is 1. The molecule has 6 rings (SSSR count). The number of benzene rings is 3. The molecule has 2 aromatic heterocycles. The summed E-state index contributed by atoms with van der Waals surface area (Å²) in [6, 6.07) is 22.3. The summed E-state index contributed by atoms with van der Waals surface area (Å²) in [5, 5.41) is 7.46. The summed E-state index contributed by atoms with van der Waals surface area (Å²) in [7, 11) is 1.58. The molecular weight excluding hydrogens is 512 g/mol. The summed E-state index contributed by atoms with van der Waals surface area (Å²) in [6.07, 6.45) is 0.307. The monoisotopic (exact) mass is 536 g/mol. The number of amides is 1. The second-order valence-corrected chi connectivity index (χ2v) is 9.46. The Balaban J connectivity index is 1.31. The van der Waals surface area contributed by atoms with Crippen LogP contribution in [0.15, 0.2) is 102 Å². The number of nitrogens with zero attached hydrogens (tertiary/aromatic N) is 2.